The van der Waals surface area contributed by atoms with Crippen LogP contribution in [0.2, 0.25) is 5.02 Å². The average molecular weight is 275 g/mol. The summed E-state index contributed by atoms with van der Waals surface area (Å²) >= 11 is 5.54. The van der Waals surface area contributed by atoms with E-state index in [9.17, 15) is 9.18 Å². The maximum atomic E-state index is 13.1. The molecule has 1 aromatic carbocycles. The molecule has 0 saturated heterocycles. The molecule has 18 heavy (non-hydrogen) atoms. The van der Waals surface area contributed by atoms with Gasteiger partial charge in [-0.3, -0.25) is 4.79 Å². The number of benzene rings is 1. The highest BCUT2D eigenvalue weighted by molar-refractivity contribution is 6.30. The Hall–Kier alpha value is -1.29. The molecule has 1 rings (SSSR count). The Kier molecular flexibility index (Phi) is 4.96. The number of aliphatic carboxylic acids is 1. The summed E-state index contributed by atoms with van der Waals surface area (Å²) in [7, 11) is 0. The van der Waals surface area contributed by atoms with Gasteiger partial charge in [0.15, 0.2) is 0 Å². The Balaban J connectivity index is 2.38. The summed E-state index contributed by atoms with van der Waals surface area (Å²) in [6.45, 7) is 3.67. The number of hydrogen-bond donors (Lipinski definition) is 1. The molecule has 0 radical (unpaired) electrons. The molecule has 0 saturated carbocycles. The van der Waals surface area contributed by atoms with E-state index in [-0.39, 0.29) is 5.02 Å². The van der Waals surface area contributed by atoms with E-state index >= 15 is 0 Å². The second-order valence-electron chi connectivity index (χ2n) is 4.72. The molecule has 0 bridgehead atoms. The quantitative estimate of drug-likeness (QED) is 0.804. The molecule has 0 aliphatic rings. The standard InChI is InChI=1S/C13H16ClFO3/c1-13(2,12(16)17)6-3-7-18-9-4-5-10(14)11(15)8-9/h4-5,8H,3,6-7H2,1-2H3,(H,16,17). The molecule has 0 aliphatic heterocycles. The van der Waals surface area contributed by atoms with Gasteiger partial charge in [-0.15, -0.1) is 0 Å². The molecule has 0 aliphatic carbocycles. The van der Waals surface area contributed by atoms with Gasteiger partial charge in [-0.2, -0.15) is 0 Å². The zero-order valence-electron chi connectivity index (χ0n) is 10.4. The first kappa shape index (κ1) is 14.8. The predicted octanol–water partition coefficient (Wildman–Crippen LogP) is 3.75. The summed E-state index contributed by atoms with van der Waals surface area (Å²) in [6, 6.07) is 4.21. The van der Waals surface area contributed by atoms with Gasteiger partial charge in [0.1, 0.15) is 11.6 Å². The van der Waals surface area contributed by atoms with Crippen LogP contribution in [0.5, 0.6) is 5.75 Å². The highest BCUT2D eigenvalue weighted by Gasteiger charge is 2.26. The van der Waals surface area contributed by atoms with E-state index in [0.29, 0.717) is 25.2 Å². The van der Waals surface area contributed by atoms with Gasteiger partial charge < -0.3 is 9.84 Å². The highest BCUT2D eigenvalue weighted by atomic mass is 35.5. The third kappa shape index (κ3) is 4.18. The number of carbonyl (C=O) groups is 1. The monoisotopic (exact) mass is 274 g/mol. The van der Waals surface area contributed by atoms with Crippen LogP contribution in [0.25, 0.3) is 0 Å². The molecule has 5 heteroatoms. The molecule has 0 spiro atoms. The molecule has 1 aromatic rings. The summed E-state index contributed by atoms with van der Waals surface area (Å²) in [4.78, 5) is 10.9. The van der Waals surface area contributed by atoms with Gasteiger partial charge in [0.25, 0.3) is 0 Å². The first-order valence-corrected chi connectivity index (χ1v) is 6.02. The largest absolute Gasteiger partial charge is 0.493 e. The third-order valence-electron chi connectivity index (χ3n) is 2.68. The van der Waals surface area contributed by atoms with Gasteiger partial charge in [-0.25, -0.2) is 4.39 Å². The average Bonchev–Trinajstić information content (AvgIpc) is 2.29. The lowest BCUT2D eigenvalue weighted by Gasteiger charge is -2.18. The fraction of sp³-hybridized carbons (Fsp3) is 0.462. The van der Waals surface area contributed by atoms with E-state index < -0.39 is 17.2 Å². The Labute approximate surface area is 111 Å². The number of ether oxygens (including phenoxy) is 1. The normalized spacial score (nSPS) is 11.3. The number of halogens is 2. The number of rotatable bonds is 6. The summed E-state index contributed by atoms with van der Waals surface area (Å²) < 4.78 is 18.4. The highest BCUT2D eigenvalue weighted by Crippen LogP contribution is 2.23. The molecule has 1 N–H and O–H groups in total. The molecule has 0 unspecified atom stereocenters. The van der Waals surface area contributed by atoms with Crippen molar-refractivity contribution in [3.05, 3.63) is 29.0 Å². The zero-order valence-corrected chi connectivity index (χ0v) is 11.1. The minimum Gasteiger partial charge on any atom is -0.493 e. The van der Waals surface area contributed by atoms with Crippen LogP contribution in [0.1, 0.15) is 26.7 Å². The lowest BCUT2D eigenvalue weighted by atomic mass is 9.88. The van der Waals surface area contributed by atoms with Crippen LogP contribution in [-0.4, -0.2) is 17.7 Å². The number of carboxylic acids is 1. The second-order valence-corrected chi connectivity index (χ2v) is 5.12. The molecule has 0 aromatic heterocycles. The van der Waals surface area contributed by atoms with Crippen molar-refractivity contribution in [3.8, 4) is 5.75 Å². The van der Waals surface area contributed by atoms with E-state index in [1.807, 2.05) is 0 Å². The van der Waals surface area contributed by atoms with Crippen LogP contribution in [0.15, 0.2) is 18.2 Å². The lowest BCUT2D eigenvalue weighted by molar-refractivity contribution is -0.147. The molecule has 0 amide bonds. The third-order valence-corrected chi connectivity index (χ3v) is 2.99. The summed E-state index contributed by atoms with van der Waals surface area (Å²) in [6.07, 6.45) is 1.09. The van der Waals surface area contributed by atoms with Crippen molar-refractivity contribution in [2.75, 3.05) is 6.61 Å². The van der Waals surface area contributed by atoms with E-state index in [1.165, 1.54) is 12.1 Å². The van der Waals surface area contributed by atoms with Crippen molar-refractivity contribution in [3.63, 3.8) is 0 Å². The number of carboxylic acid groups (broad SMARTS) is 1. The van der Waals surface area contributed by atoms with E-state index in [0.717, 1.165) is 0 Å². The van der Waals surface area contributed by atoms with Gasteiger partial charge in [-0.1, -0.05) is 11.6 Å². The molecule has 3 nitrogen and oxygen atoms in total. The number of hydrogen-bond acceptors (Lipinski definition) is 2. The molecule has 0 heterocycles. The van der Waals surface area contributed by atoms with E-state index in [1.54, 1.807) is 19.9 Å². The first-order chi connectivity index (χ1) is 8.33. The SMILES string of the molecule is CC(C)(CCCOc1ccc(Cl)c(F)c1)C(=O)O. The van der Waals surface area contributed by atoms with Gasteiger partial charge >= 0.3 is 5.97 Å². The molecular formula is C13H16ClFO3. The maximum Gasteiger partial charge on any atom is 0.309 e. The molecule has 0 atom stereocenters. The second kappa shape index (κ2) is 6.05. The van der Waals surface area contributed by atoms with Gasteiger partial charge in [-0.05, 0) is 38.8 Å². The smallest absolute Gasteiger partial charge is 0.309 e. The fourth-order valence-corrected chi connectivity index (χ4v) is 1.50. The first-order valence-electron chi connectivity index (χ1n) is 5.64. The van der Waals surface area contributed by atoms with Crippen molar-refractivity contribution in [1.82, 2.24) is 0 Å². The minimum absolute atomic E-state index is 0.0503. The van der Waals surface area contributed by atoms with Crippen molar-refractivity contribution in [2.45, 2.75) is 26.7 Å². The topological polar surface area (TPSA) is 46.5 Å². The van der Waals surface area contributed by atoms with Crippen LogP contribution >= 0.6 is 11.6 Å². The van der Waals surface area contributed by atoms with Crippen molar-refractivity contribution < 1.29 is 19.0 Å². The Bertz CT molecular complexity index is 432. The maximum absolute atomic E-state index is 13.1. The van der Waals surface area contributed by atoms with Crippen molar-refractivity contribution >= 4 is 17.6 Å². The van der Waals surface area contributed by atoms with Crippen LogP contribution in [0.3, 0.4) is 0 Å². The van der Waals surface area contributed by atoms with Crippen molar-refractivity contribution in [1.29, 1.82) is 0 Å². The zero-order chi connectivity index (χ0) is 13.8. The summed E-state index contributed by atoms with van der Waals surface area (Å²) in [5.74, 6) is -0.967. The van der Waals surface area contributed by atoms with E-state index in [4.69, 9.17) is 21.4 Å². The summed E-state index contributed by atoms with van der Waals surface area (Å²) in [5, 5.41) is 8.97. The van der Waals surface area contributed by atoms with E-state index in [2.05, 4.69) is 0 Å². The van der Waals surface area contributed by atoms with Gasteiger partial charge in [0, 0.05) is 6.07 Å². The van der Waals surface area contributed by atoms with Gasteiger partial charge in [0.2, 0.25) is 0 Å². The minimum atomic E-state index is -0.833. The Morgan fingerprint density at radius 3 is 2.72 bits per heavy atom. The Morgan fingerprint density at radius 2 is 2.17 bits per heavy atom. The lowest BCUT2D eigenvalue weighted by Crippen LogP contribution is -2.24. The van der Waals surface area contributed by atoms with Crippen LogP contribution in [0, 0.1) is 11.2 Å². The Morgan fingerprint density at radius 1 is 1.50 bits per heavy atom. The van der Waals surface area contributed by atoms with Crippen LogP contribution in [-0.2, 0) is 4.79 Å². The van der Waals surface area contributed by atoms with Crippen molar-refractivity contribution in [2.24, 2.45) is 5.41 Å². The molecule has 100 valence electrons. The van der Waals surface area contributed by atoms with Crippen LogP contribution in [0.4, 0.5) is 4.39 Å². The molecule has 0 fully saturated rings. The van der Waals surface area contributed by atoms with Gasteiger partial charge in [0.05, 0.1) is 17.0 Å². The molecular weight excluding hydrogens is 259 g/mol. The van der Waals surface area contributed by atoms with Crippen LogP contribution < -0.4 is 4.74 Å². The fourth-order valence-electron chi connectivity index (χ4n) is 1.38. The summed E-state index contributed by atoms with van der Waals surface area (Å²) in [5.41, 5.74) is -0.769. The predicted molar refractivity (Wildman–Crippen MR) is 67.6 cm³/mol.